The SMILES string of the molecule is COCCN(CC1CCCN1)C(=O)c1c(F)cccc1Cl. The predicted molar refractivity (Wildman–Crippen MR) is 80.2 cm³/mol. The lowest BCUT2D eigenvalue weighted by Crippen LogP contribution is -2.43. The Bertz CT molecular complexity index is 472. The Balaban J connectivity index is 2.16. The fourth-order valence-electron chi connectivity index (χ4n) is 2.52. The first kappa shape index (κ1) is 16.2. The molecular formula is C15H20ClFN2O2. The third kappa shape index (κ3) is 4.15. The molecule has 116 valence electrons. The van der Waals surface area contributed by atoms with E-state index in [-0.39, 0.29) is 22.5 Å². The molecule has 21 heavy (non-hydrogen) atoms. The minimum Gasteiger partial charge on any atom is -0.383 e. The standard InChI is InChI=1S/C15H20ClFN2O2/c1-21-9-8-19(10-11-4-3-7-18-11)15(20)14-12(16)5-2-6-13(14)17/h2,5-6,11,18H,3-4,7-10H2,1H3. The topological polar surface area (TPSA) is 41.6 Å². The molecule has 1 saturated heterocycles. The van der Waals surface area contributed by atoms with Crippen LogP contribution in [0.2, 0.25) is 5.02 Å². The van der Waals surface area contributed by atoms with Gasteiger partial charge in [-0.2, -0.15) is 0 Å². The average Bonchev–Trinajstić information content (AvgIpc) is 2.96. The van der Waals surface area contributed by atoms with Crippen molar-refractivity contribution in [3.05, 3.63) is 34.6 Å². The van der Waals surface area contributed by atoms with Gasteiger partial charge in [-0.25, -0.2) is 4.39 Å². The lowest BCUT2D eigenvalue weighted by molar-refractivity contribution is 0.0675. The zero-order valence-corrected chi connectivity index (χ0v) is 12.8. The Morgan fingerprint density at radius 2 is 2.38 bits per heavy atom. The Kier molecular flexibility index (Phi) is 5.96. The maximum Gasteiger partial charge on any atom is 0.258 e. The number of benzene rings is 1. The highest BCUT2D eigenvalue weighted by atomic mass is 35.5. The molecule has 0 spiro atoms. The van der Waals surface area contributed by atoms with Crippen molar-refractivity contribution in [3.63, 3.8) is 0 Å². The van der Waals surface area contributed by atoms with Crippen LogP contribution in [0.5, 0.6) is 0 Å². The molecule has 0 bridgehead atoms. The van der Waals surface area contributed by atoms with Gasteiger partial charge in [0.25, 0.3) is 5.91 Å². The molecule has 1 aromatic rings. The number of halogens is 2. The van der Waals surface area contributed by atoms with Gasteiger partial charge in [0.05, 0.1) is 17.2 Å². The molecule has 1 atom stereocenters. The first-order valence-electron chi connectivity index (χ1n) is 7.09. The average molecular weight is 315 g/mol. The number of rotatable bonds is 6. The van der Waals surface area contributed by atoms with Gasteiger partial charge in [0.2, 0.25) is 0 Å². The summed E-state index contributed by atoms with van der Waals surface area (Å²) >= 11 is 5.98. The molecule has 0 saturated carbocycles. The first-order valence-corrected chi connectivity index (χ1v) is 7.47. The van der Waals surface area contributed by atoms with Gasteiger partial charge in [-0.3, -0.25) is 4.79 Å². The van der Waals surface area contributed by atoms with Crippen molar-refractivity contribution in [1.29, 1.82) is 0 Å². The second-order valence-electron chi connectivity index (χ2n) is 5.13. The molecule has 6 heteroatoms. The summed E-state index contributed by atoms with van der Waals surface area (Å²) < 4.78 is 19.0. The van der Waals surface area contributed by atoms with E-state index in [9.17, 15) is 9.18 Å². The summed E-state index contributed by atoms with van der Waals surface area (Å²) in [6.07, 6.45) is 2.11. The van der Waals surface area contributed by atoms with Crippen molar-refractivity contribution in [2.75, 3.05) is 33.4 Å². The van der Waals surface area contributed by atoms with Gasteiger partial charge in [-0.1, -0.05) is 17.7 Å². The van der Waals surface area contributed by atoms with Gasteiger partial charge in [-0.15, -0.1) is 0 Å². The lowest BCUT2D eigenvalue weighted by Gasteiger charge is -2.26. The molecule has 1 amide bonds. The summed E-state index contributed by atoms with van der Waals surface area (Å²) in [5.74, 6) is -0.974. The fraction of sp³-hybridized carbons (Fsp3) is 0.533. The molecular weight excluding hydrogens is 295 g/mol. The van der Waals surface area contributed by atoms with E-state index in [2.05, 4.69) is 5.32 Å². The second kappa shape index (κ2) is 7.73. The van der Waals surface area contributed by atoms with Crippen LogP contribution < -0.4 is 5.32 Å². The third-order valence-corrected chi connectivity index (χ3v) is 3.95. The van der Waals surface area contributed by atoms with Crippen molar-refractivity contribution in [3.8, 4) is 0 Å². The monoisotopic (exact) mass is 314 g/mol. The number of hydrogen-bond donors (Lipinski definition) is 1. The van der Waals surface area contributed by atoms with Gasteiger partial charge in [0.15, 0.2) is 0 Å². The van der Waals surface area contributed by atoms with Crippen LogP contribution in [0.1, 0.15) is 23.2 Å². The van der Waals surface area contributed by atoms with E-state index >= 15 is 0 Å². The van der Waals surface area contributed by atoms with Crippen LogP contribution in [0.4, 0.5) is 4.39 Å². The molecule has 1 heterocycles. The quantitative estimate of drug-likeness (QED) is 0.876. The minimum atomic E-state index is -0.589. The Hall–Kier alpha value is -1.17. The summed E-state index contributed by atoms with van der Waals surface area (Å²) in [5, 5.41) is 3.48. The van der Waals surface area contributed by atoms with Crippen molar-refractivity contribution in [2.45, 2.75) is 18.9 Å². The normalized spacial score (nSPS) is 18.0. The van der Waals surface area contributed by atoms with E-state index in [0.717, 1.165) is 19.4 Å². The molecule has 2 rings (SSSR count). The van der Waals surface area contributed by atoms with E-state index in [1.165, 1.54) is 18.2 Å². The zero-order chi connectivity index (χ0) is 15.2. The molecule has 4 nitrogen and oxygen atoms in total. The van der Waals surface area contributed by atoms with Crippen LogP contribution in [0.25, 0.3) is 0 Å². The van der Waals surface area contributed by atoms with Gasteiger partial charge < -0.3 is 15.0 Å². The van der Waals surface area contributed by atoms with E-state index in [1.54, 1.807) is 12.0 Å². The second-order valence-corrected chi connectivity index (χ2v) is 5.54. The van der Waals surface area contributed by atoms with E-state index < -0.39 is 5.82 Å². The van der Waals surface area contributed by atoms with Crippen LogP contribution in [0.15, 0.2) is 18.2 Å². The molecule has 0 aromatic heterocycles. The summed E-state index contributed by atoms with van der Waals surface area (Å²) in [5.41, 5.74) is -0.0618. The highest BCUT2D eigenvalue weighted by molar-refractivity contribution is 6.33. The van der Waals surface area contributed by atoms with Crippen LogP contribution >= 0.6 is 11.6 Å². The van der Waals surface area contributed by atoms with E-state index in [4.69, 9.17) is 16.3 Å². The maximum atomic E-state index is 13.9. The van der Waals surface area contributed by atoms with Gasteiger partial charge in [0.1, 0.15) is 5.82 Å². The summed E-state index contributed by atoms with van der Waals surface area (Å²) in [6, 6.07) is 4.52. The fourth-order valence-corrected chi connectivity index (χ4v) is 2.76. The van der Waals surface area contributed by atoms with Crippen LogP contribution in [-0.4, -0.2) is 50.2 Å². The summed E-state index contributed by atoms with van der Waals surface area (Å²) in [6.45, 7) is 2.31. The number of carbonyl (C=O) groups is 1. The predicted octanol–water partition coefficient (Wildman–Crippen LogP) is 2.32. The van der Waals surface area contributed by atoms with Crippen molar-refractivity contribution >= 4 is 17.5 Å². The van der Waals surface area contributed by atoms with Crippen LogP contribution in [-0.2, 0) is 4.74 Å². The highest BCUT2D eigenvalue weighted by Gasteiger charge is 2.25. The molecule has 1 aromatic carbocycles. The largest absolute Gasteiger partial charge is 0.383 e. The molecule has 0 aliphatic carbocycles. The lowest BCUT2D eigenvalue weighted by atomic mass is 10.1. The smallest absolute Gasteiger partial charge is 0.258 e. The number of nitrogens with one attached hydrogen (secondary N) is 1. The molecule has 1 N–H and O–H groups in total. The summed E-state index contributed by atoms with van der Waals surface area (Å²) in [4.78, 5) is 14.2. The maximum absolute atomic E-state index is 13.9. The van der Waals surface area contributed by atoms with E-state index in [0.29, 0.717) is 19.7 Å². The molecule has 1 unspecified atom stereocenters. The number of nitrogens with zero attached hydrogens (tertiary/aromatic N) is 1. The van der Waals surface area contributed by atoms with E-state index in [1.807, 2.05) is 0 Å². The number of carbonyl (C=O) groups excluding carboxylic acids is 1. The van der Waals surface area contributed by atoms with Crippen LogP contribution in [0, 0.1) is 5.82 Å². The Morgan fingerprint density at radius 3 is 3.00 bits per heavy atom. The number of ether oxygens (including phenoxy) is 1. The van der Waals surface area contributed by atoms with Gasteiger partial charge in [0, 0.05) is 26.2 Å². The Labute approximate surface area is 129 Å². The first-order chi connectivity index (χ1) is 10.1. The third-order valence-electron chi connectivity index (χ3n) is 3.63. The number of methoxy groups -OCH3 is 1. The van der Waals surface area contributed by atoms with Gasteiger partial charge >= 0.3 is 0 Å². The minimum absolute atomic E-state index is 0.0618. The molecule has 1 fully saturated rings. The molecule has 1 aliphatic heterocycles. The van der Waals surface area contributed by atoms with Crippen molar-refractivity contribution in [1.82, 2.24) is 10.2 Å². The van der Waals surface area contributed by atoms with Crippen molar-refractivity contribution in [2.24, 2.45) is 0 Å². The number of hydrogen-bond acceptors (Lipinski definition) is 3. The zero-order valence-electron chi connectivity index (χ0n) is 12.1. The summed E-state index contributed by atoms with van der Waals surface area (Å²) in [7, 11) is 1.58. The number of amides is 1. The molecule has 1 aliphatic rings. The van der Waals surface area contributed by atoms with Crippen LogP contribution in [0.3, 0.4) is 0 Å². The highest BCUT2D eigenvalue weighted by Crippen LogP contribution is 2.21. The van der Waals surface area contributed by atoms with Gasteiger partial charge in [-0.05, 0) is 31.5 Å². The van der Waals surface area contributed by atoms with Crippen molar-refractivity contribution < 1.29 is 13.9 Å². The Morgan fingerprint density at radius 1 is 1.57 bits per heavy atom. The molecule has 0 radical (unpaired) electrons.